The largest absolute Gasteiger partial charge is 0.392 e. The molecule has 1 aromatic heterocycles. The van der Waals surface area contributed by atoms with Crippen LogP contribution in [-0.2, 0) is 32.2 Å². The van der Waals surface area contributed by atoms with Gasteiger partial charge in [0.2, 0.25) is 0 Å². The molecule has 0 aliphatic heterocycles. The number of imidazole rings is 1. The predicted octanol–water partition coefficient (Wildman–Crippen LogP) is 3.42. The molecule has 3 nitrogen and oxygen atoms in total. The van der Waals surface area contributed by atoms with Crippen molar-refractivity contribution in [1.29, 1.82) is 0 Å². The van der Waals surface area contributed by atoms with Crippen LogP contribution in [0.3, 0.4) is 0 Å². The van der Waals surface area contributed by atoms with Crippen molar-refractivity contribution in [1.82, 2.24) is 9.55 Å². The zero-order valence-corrected chi connectivity index (χ0v) is 13.8. The van der Waals surface area contributed by atoms with Crippen molar-refractivity contribution in [2.24, 2.45) is 0 Å². The molecule has 0 saturated heterocycles. The number of rotatable bonds is 2. The van der Waals surface area contributed by atoms with Crippen LogP contribution in [0.4, 0.5) is 0 Å². The summed E-state index contributed by atoms with van der Waals surface area (Å²) in [4.78, 5) is 4.63. The molecule has 1 atom stereocenters. The summed E-state index contributed by atoms with van der Waals surface area (Å²) in [6.07, 6.45) is 8.38. The zero-order chi connectivity index (χ0) is 16.1. The normalized spacial score (nSPS) is 19.5. The van der Waals surface area contributed by atoms with Gasteiger partial charge in [0.15, 0.2) is 0 Å². The van der Waals surface area contributed by atoms with Crippen molar-refractivity contribution in [3.05, 3.63) is 64.5 Å². The Bertz CT molecular complexity index is 925. The van der Waals surface area contributed by atoms with Crippen molar-refractivity contribution in [3.63, 3.8) is 0 Å². The molecule has 3 aromatic rings. The van der Waals surface area contributed by atoms with Crippen molar-refractivity contribution >= 4 is 11.0 Å². The number of aromatic nitrogens is 2. The van der Waals surface area contributed by atoms with Gasteiger partial charge in [0.25, 0.3) is 0 Å². The molecule has 2 aromatic carbocycles. The average molecular weight is 318 g/mol. The van der Waals surface area contributed by atoms with E-state index in [0.29, 0.717) is 0 Å². The van der Waals surface area contributed by atoms with Crippen LogP contribution in [0.15, 0.2) is 36.7 Å². The summed E-state index contributed by atoms with van der Waals surface area (Å²) in [7, 11) is 0. The number of hydrogen-bond donors (Lipinski definition) is 1. The molecule has 5 rings (SSSR count). The highest BCUT2D eigenvalue weighted by molar-refractivity contribution is 5.77. The van der Waals surface area contributed by atoms with Crippen LogP contribution in [-0.4, -0.2) is 20.8 Å². The van der Waals surface area contributed by atoms with E-state index in [4.69, 9.17) is 0 Å². The van der Waals surface area contributed by atoms with Crippen molar-refractivity contribution in [2.45, 2.75) is 51.2 Å². The van der Waals surface area contributed by atoms with E-state index in [9.17, 15) is 5.11 Å². The molecule has 0 radical (unpaired) electrons. The zero-order valence-electron chi connectivity index (χ0n) is 13.8. The summed E-state index contributed by atoms with van der Waals surface area (Å²) in [5.74, 6) is 0. The summed E-state index contributed by atoms with van der Waals surface area (Å²) in [6.45, 7) is 0.846. The van der Waals surface area contributed by atoms with Gasteiger partial charge in [0.1, 0.15) is 0 Å². The Morgan fingerprint density at radius 3 is 2.62 bits per heavy atom. The van der Waals surface area contributed by atoms with Crippen molar-refractivity contribution in [2.75, 3.05) is 0 Å². The van der Waals surface area contributed by atoms with Crippen molar-refractivity contribution in [3.8, 4) is 0 Å². The highest BCUT2D eigenvalue weighted by Crippen LogP contribution is 2.27. The van der Waals surface area contributed by atoms with Crippen LogP contribution in [0.5, 0.6) is 0 Å². The fourth-order valence-corrected chi connectivity index (χ4v) is 4.36. The Morgan fingerprint density at radius 1 is 0.958 bits per heavy atom. The first-order chi connectivity index (χ1) is 11.8. The summed E-state index contributed by atoms with van der Waals surface area (Å²) in [5, 5.41) is 9.84. The smallest absolute Gasteiger partial charge is 0.0961 e. The molecule has 0 spiro atoms. The number of aliphatic hydroxyl groups excluding tert-OH is 1. The van der Waals surface area contributed by atoms with Gasteiger partial charge in [-0.25, -0.2) is 4.98 Å². The minimum atomic E-state index is -0.198. The van der Waals surface area contributed by atoms with Crippen LogP contribution in [0.2, 0.25) is 0 Å². The lowest BCUT2D eigenvalue weighted by Gasteiger charge is -2.16. The molecule has 1 heterocycles. The van der Waals surface area contributed by atoms with E-state index >= 15 is 0 Å². The Labute approximate surface area is 142 Å². The fourth-order valence-electron chi connectivity index (χ4n) is 4.36. The van der Waals surface area contributed by atoms with Gasteiger partial charge in [-0.15, -0.1) is 0 Å². The third-order valence-corrected chi connectivity index (χ3v) is 5.62. The molecule has 0 saturated carbocycles. The number of nitrogens with zero attached hydrogens (tertiary/aromatic N) is 2. The van der Waals surface area contributed by atoms with E-state index in [1.54, 1.807) is 0 Å². The number of aliphatic hydroxyl groups is 1. The van der Waals surface area contributed by atoms with Crippen LogP contribution < -0.4 is 0 Å². The first-order valence-corrected chi connectivity index (χ1v) is 9.02. The second kappa shape index (κ2) is 5.45. The molecule has 2 aliphatic carbocycles. The lowest BCUT2D eigenvalue weighted by atomic mass is 9.91. The summed E-state index contributed by atoms with van der Waals surface area (Å²) in [6, 6.07) is 11.3. The van der Waals surface area contributed by atoms with Gasteiger partial charge in [-0.2, -0.15) is 0 Å². The SMILES string of the molecule is O[C@H]1Cc2ccc(Cn3cnc4cc5c(cc43)CCCC5)cc2C1. The third kappa shape index (κ3) is 2.35. The van der Waals surface area contributed by atoms with Crippen LogP contribution in [0.1, 0.15) is 40.7 Å². The standard InChI is InChI=1S/C21H22N2O/c24-19-8-17-6-5-14(7-18(17)9-19)12-23-13-22-20-10-15-3-1-2-4-16(15)11-21(20)23/h5-7,10-11,13,19,24H,1-4,8-9,12H2/t19-/m0/s1. The first kappa shape index (κ1) is 14.2. The fraction of sp³-hybridized carbons (Fsp3) is 0.381. The van der Waals surface area contributed by atoms with Crippen molar-refractivity contribution < 1.29 is 5.11 Å². The Morgan fingerprint density at radius 2 is 1.75 bits per heavy atom. The summed E-state index contributed by atoms with van der Waals surface area (Å²) < 4.78 is 2.26. The Hall–Kier alpha value is -2.13. The molecule has 122 valence electrons. The van der Waals surface area contributed by atoms with E-state index in [-0.39, 0.29) is 6.10 Å². The highest BCUT2D eigenvalue weighted by atomic mass is 16.3. The number of aryl methyl sites for hydroxylation is 2. The van der Waals surface area contributed by atoms with Gasteiger partial charge in [-0.05, 0) is 78.5 Å². The quantitative estimate of drug-likeness (QED) is 0.786. The molecule has 0 unspecified atom stereocenters. The lowest BCUT2D eigenvalue weighted by Crippen LogP contribution is -2.04. The maximum Gasteiger partial charge on any atom is 0.0961 e. The van der Waals surface area contributed by atoms with Gasteiger partial charge in [-0.1, -0.05) is 18.2 Å². The minimum Gasteiger partial charge on any atom is -0.392 e. The Balaban J connectivity index is 1.50. The predicted molar refractivity (Wildman–Crippen MR) is 95.3 cm³/mol. The van der Waals surface area contributed by atoms with Gasteiger partial charge in [0.05, 0.1) is 23.5 Å². The molecule has 2 aliphatic rings. The maximum atomic E-state index is 9.84. The first-order valence-electron chi connectivity index (χ1n) is 9.02. The number of fused-ring (bicyclic) bond motifs is 3. The van der Waals surface area contributed by atoms with Gasteiger partial charge in [-0.3, -0.25) is 0 Å². The summed E-state index contributed by atoms with van der Waals surface area (Å²) >= 11 is 0. The Kier molecular flexibility index (Phi) is 3.23. The number of hydrogen-bond acceptors (Lipinski definition) is 2. The molecule has 1 N–H and O–H groups in total. The topological polar surface area (TPSA) is 38.0 Å². The lowest BCUT2D eigenvalue weighted by molar-refractivity contribution is 0.187. The molecule has 3 heteroatoms. The average Bonchev–Trinajstić information content (AvgIpc) is 3.15. The highest BCUT2D eigenvalue weighted by Gasteiger charge is 2.19. The van der Waals surface area contributed by atoms with Crippen LogP contribution >= 0.6 is 0 Å². The second-order valence-electron chi connectivity index (χ2n) is 7.35. The molecular formula is C21H22N2O. The van der Waals surface area contributed by atoms with E-state index in [2.05, 4.69) is 39.9 Å². The van der Waals surface area contributed by atoms with Gasteiger partial charge >= 0.3 is 0 Å². The van der Waals surface area contributed by atoms with E-state index in [1.165, 1.54) is 59.0 Å². The van der Waals surface area contributed by atoms with Crippen LogP contribution in [0.25, 0.3) is 11.0 Å². The van der Waals surface area contributed by atoms with Gasteiger partial charge < -0.3 is 9.67 Å². The van der Waals surface area contributed by atoms with Gasteiger partial charge in [0, 0.05) is 6.54 Å². The molecular weight excluding hydrogens is 296 g/mol. The summed E-state index contributed by atoms with van der Waals surface area (Å²) in [5.41, 5.74) is 9.26. The van der Waals surface area contributed by atoms with E-state index in [1.807, 2.05) is 6.33 Å². The molecule has 0 fully saturated rings. The molecule has 0 amide bonds. The number of benzene rings is 2. The van der Waals surface area contributed by atoms with Crippen LogP contribution in [0, 0.1) is 0 Å². The monoisotopic (exact) mass is 318 g/mol. The third-order valence-electron chi connectivity index (χ3n) is 5.62. The van der Waals surface area contributed by atoms with E-state index < -0.39 is 0 Å². The minimum absolute atomic E-state index is 0.198. The molecule has 0 bridgehead atoms. The molecule has 24 heavy (non-hydrogen) atoms. The maximum absolute atomic E-state index is 9.84. The second-order valence-corrected chi connectivity index (χ2v) is 7.35. The van der Waals surface area contributed by atoms with E-state index in [0.717, 1.165) is 24.9 Å².